The maximum absolute atomic E-state index is 12.3. The van der Waals surface area contributed by atoms with Crippen LogP contribution >= 0.6 is 0 Å². The zero-order valence-electron chi connectivity index (χ0n) is 26.4. The average Bonchev–Trinajstić information content (AvgIpc) is 3.40. The second-order valence-corrected chi connectivity index (χ2v) is 13.0. The normalized spacial score (nSPS) is 28.8. The molecule has 2 fully saturated rings. The van der Waals surface area contributed by atoms with Crippen LogP contribution in [0.1, 0.15) is 95.2 Å². The molecule has 2 aromatic rings. The van der Waals surface area contributed by atoms with Gasteiger partial charge in [0.05, 0.1) is 0 Å². The molecular weight excluding hydrogens is 480 g/mol. The third-order valence-electron chi connectivity index (χ3n) is 11.1. The molecule has 0 spiro atoms. The fourth-order valence-electron chi connectivity index (χ4n) is 8.22. The van der Waals surface area contributed by atoms with Crippen LogP contribution in [0.2, 0.25) is 0 Å². The first-order chi connectivity index (χ1) is 18.3. The van der Waals surface area contributed by atoms with Crippen molar-refractivity contribution in [2.24, 2.45) is 0 Å². The van der Waals surface area contributed by atoms with Crippen molar-refractivity contribution in [1.82, 2.24) is 10.6 Å². The Morgan fingerprint density at radius 1 is 0.564 bits per heavy atom. The fourth-order valence-corrected chi connectivity index (χ4v) is 8.22. The Hall–Kier alpha value is -2.53. The lowest BCUT2D eigenvalue weighted by Gasteiger charge is -2.40. The van der Waals surface area contributed by atoms with Crippen LogP contribution in [0.25, 0.3) is 0 Å². The molecule has 6 atom stereocenters. The van der Waals surface area contributed by atoms with Crippen LogP contribution in [-0.4, -0.2) is 49.7 Å². The Morgan fingerprint density at radius 3 is 1.59 bits per heavy atom. The monoisotopic (exact) mass is 530 g/mol. The zero-order chi connectivity index (χ0) is 28.7. The van der Waals surface area contributed by atoms with Crippen LogP contribution < -0.4 is 20.4 Å². The summed E-state index contributed by atoms with van der Waals surface area (Å²) in [5, 5.41) is 6.65. The van der Waals surface area contributed by atoms with Crippen LogP contribution in [0.15, 0.2) is 0 Å². The molecule has 0 radical (unpaired) electrons. The summed E-state index contributed by atoms with van der Waals surface area (Å²) in [6.07, 6.45) is 0. The topological polar surface area (TPSA) is 47.6 Å². The molecule has 4 heterocycles. The summed E-state index contributed by atoms with van der Waals surface area (Å²) in [7, 11) is 0. The van der Waals surface area contributed by atoms with Crippen molar-refractivity contribution in [3.63, 3.8) is 0 Å². The first-order valence-corrected chi connectivity index (χ1v) is 15.1. The molecule has 5 nitrogen and oxygen atoms in total. The predicted octanol–water partition coefficient (Wildman–Crippen LogP) is 5.93. The first kappa shape index (κ1) is 28.0. The summed E-state index contributed by atoms with van der Waals surface area (Å²) < 4.78 is 0. The molecule has 1 amide bonds. The Kier molecular flexibility index (Phi) is 7.06. The largest absolute Gasteiger partial charge is 0.362 e. The summed E-state index contributed by atoms with van der Waals surface area (Å²) in [5.74, 6) is 1.09. The van der Waals surface area contributed by atoms with E-state index in [2.05, 4.69) is 104 Å². The van der Waals surface area contributed by atoms with E-state index < -0.39 is 0 Å². The number of rotatable bonds is 0. The second kappa shape index (κ2) is 9.83. The standard InChI is InChI=1S/C17H24N2O.C17H26N2/c1-8-7-18-17(20)16-13(6)14-11(4)9(2)10(3)12(5)15(14)19(8)16;1-9-7-18-8-15-14(6)16-12(4)10(2)11(3)13(5)17(16)19(9)15/h8,13,16H,7H2,1-6H3,(H,18,20);9,14-15,18H,7-8H2,1-6H3. The molecule has 39 heavy (non-hydrogen) atoms. The van der Waals surface area contributed by atoms with Crippen LogP contribution in [0.3, 0.4) is 0 Å². The number of nitrogens with one attached hydrogen (secondary N) is 2. The lowest BCUT2D eigenvalue weighted by Crippen LogP contribution is -2.59. The molecule has 0 saturated carbocycles. The molecule has 0 aliphatic carbocycles. The van der Waals surface area contributed by atoms with E-state index in [-0.39, 0.29) is 17.9 Å². The molecule has 5 heteroatoms. The molecule has 212 valence electrons. The molecule has 2 saturated heterocycles. The minimum atomic E-state index is -0.0349. The highest BCUT2D eigenvalue weighted by molar-refractivity contribution is 5.92. The van der Waals surface area contributed by atoms with Crippen molar-refractivity contribution in [3.05, 3.63) is 55.6 Å². The van der Waals surface area contributed by atoms with Crippen molar-refractivity contribution in [2.45, 2.75) is 119 Å². The Balaban J connectivity index is 0.000000158. The third kappa shape index (κ3) is 3.94. The Bertz CT molecular complexity index is 1340. The van der Waals surface area contributed by atoms with Gasteiger partial charge in [0.2, 0.25) is 5.91 Å². The van der Waals surface area contributed by atoms with Gasteiger partial charge in [-0.15, -0.1) is 0 Å². The van der Waals surface area contributed by atoms with E-state index in [1.54, 1.807) is 11.3 Å². The number of nitrogens with zero attached hydrogens (tertiary/aromatic N) is 2. The van der Waals surface area contributed by atoms with Crippen molar-refractivity contribution < 1.29 is 4.79 Å². The van der Waals surface area contributed by atoms with Gasteiger partial charge in [-0.1, -0.05) is 13.8 Å². The number of benzene rings is 2. The second-order valence-electron chi connectivity index (χ2n) is 13.0. The number of amides is 1. The molecule has 4 aliphatic heterocycles. The van der Waals surface area contributed by atoms with Gasteiger partial charge in [0, 0.05) is 61.0 Å². The van der Waals surface area contributed by atoms with E-state index >= 15 is 0 Å². The van der Waals surface area contributed by atoms with Gasteiger partial charge < -0.3 is 20.4 Å². The molecule has 0 aromatic heterocycles. The van der Waals surface area contributed by atoms with Crippen LogP contribution in [-0.2, 0) is 4.79 Å². The summed E-state index contributed by atoms with van der Waals surface area (Å²) in [6.45, 7) is 30.1. The smallest absolute Gasteiger partial charge is 0.243 e. The number of hydrogen-bond donors (Lipinski definition) is 2. The summed E-state index contributed by atoms with van der Waals surface area (Å²) in [5.41, 5.74) is 17.3. The molecule has 0 bridgehead atoms. The lowest BCUT2D eigenvalue weighted by molar-refractivity contribution is -0.123. The van der Waals surface area contributed by atoms with Gasteiger partial charge in [-0.05, 0) is 125 Å². The molecule has 2 aromatic carbocycles. The molecule has 6 rings (SSSR count). The summed E-state index contributed by atoms with van der Waals surface area (Å²) >= 11 is 0. The van der Waals surface area contributed by atoms with Crippen LogP contribution in [0.5, 0.6) is 0 Å². The van der Waals surface area contributed by atoms with Crippen LogP contribution in [0.4, 0.5) is 11.4 Å². The van der Waals surface area contributed by atoms with E-state index in [1.165, 1.54) is 55.8 Å². The number of carbonyl (C=O) groups excluding carboxylic acids is 1. The van der Waals surface area contributed by atoms with Gasteiger partial charge in [-0.2, -0.15) is 0 Å². The Labute approximate surface area is 236 Å². The minimum Gasteiger partial charge on any atom is -0.362 e. The third-order valence-corrected chi connectivity index (χ3v) is 11.1. The van der Waals surface area contributed by atoms with Crippen molar-refractivity contribution in [2.75, 3.05) is 29.4 Å². The van der Waals surface area contributed by atoms with Crippen molar-refractivity contribution in [3.8, 4) is 0 Å². The van der Waals surface area contributed by atoms with Gasteiger partial charge >= 0.3 is 0 Å². The maximum Gasteiger partial charge on any atom is 0.243 e. The van der Waals surface area contributed by atoms with E-state index in [9.17, 15) is 4.79 Å². The average molecular weight is 531 g/mol. The predicted molar refractivity (Wildman–Crippen MR) is 165 cm³/mol. The molecular formula is C34H50N4O. The zero-order valence-corrected chi connectivity index (χ0v) is 26.4. The SMILES string of the molecule is Cc1c(C)c(C)c2c(c1C)C(C)C1C(=O)NCC(C)N21.Cc1c(C)c(C)c2c(c1C)C(C)C1CNCC(C)N21. The van der Waals surface area contributed by atoms with E-state index in [0.717, 1.165) is 19.6 Å². The molecule has 2 N–H and O–H groups in total. The van der Waals surface area contributed by atoms with Gasteiger partial charge in [-0.25, -0.2) is 0 Å². The van der Waals surface area contributed by atoms with Crippen LogP contribution in [0, 0.1) is 55.4 Å². The number of anilines is 2. The van der Waals surface area contributed by atoms with E-state index in [4.69, 9.17) is 0 Å². The van der Waals surface area contributed by atoms with Gasteiger partial charge in [0.25, 0.3) is 0 Å². The van der Waals surface area contributed by atoms with E-state index in [0.29, 0.717) is 24.0 Å². The van der Waals surface area contributed by atoms with Gasteiger partial charge in [-0.3, -0.25) is 4.79 Å². The lowest BCUT2D eigenvalue weighted by atomic mass is 9.87. The summed E-state index contributed by atoms with van der Waals surface area (Å²) in [6, 6.07) is 1.56. The van der Waals surface area contributed by atoms with Gasteiger partial charge in [0.1, 0.15) is 6.04 Å². The highest BCUT2D eigenvalue weighted by Gasteiger charge is 2.47. The summed E-state index contributed by atoms with van der Waals surface area (Å²) in [4.78, 5) is 17.4. The fraction of sp³-hybridized carbons (Fsp3) is 0.618. The number of fused-ring (bicyclic) bond motifs is 6. The van der Waals surface area contributed by atoms with Crippen molar-refractivity contribution in [1.29, 1.82) is 0 Å². The maximum atomic E-state index is 12.3. The number of carbonyl (C=O) groups is 1. The highest BCUT2D eigenvalue weighted by atomic mass is 16.2. The minimum absolute atomic E-state index is 0.0349. The Morgan fingerprint density at radius 2 is 1.03 bits per heavy atom. The molecule has 6 unspecified atom stereocenters. The highest BCUT2D eigenvalue weighted by Crippen LogP contribution is 2.49. The quantitative estimate of drug-likeness (QED) is 0.443. The van der Waals surface area contributed by atoms with Gasteiger partial charge in [0.15, 0.2) is 0 Å². The number of hydrogen-bond acceptors (Lipinski definition) is 4. The van der Waals surface area contributed by atoms with E-state index in [1.807, 2.05) is 0 Å². The molecule has 4 aliphatic rings. The first-order valence-electron chi connectivity index (χ1n) is 15.1. The van der Waals surface area contributed by atoms with Crippen molar-refractivity contribution >= 4 is 17.3 Å². The number of piperazine rings is 2.